The summed E-state index contributed by atoms with van der Waals surface area (Å²) < 4.78 is 10.7. The van der Waals surface area contributed by atoms with Crippen LogP contribution in [0.25, 0.3) is 0 Å². The lowest BCUT2D eigenvalue weighted by Crippen LogP contribution is -2.13. The number of pyridine rings is 1. The van der Waals surface area contributed by atoms with Crippen molar-refractivity contribution in [3.05, 3.63) is 77.6 Å². The SMILES string of the molecule is CC(C)c1ccc(NC(=O)c2ccc(NCc3ccc4c(c3)OCO4)cn2)cc1. The lowest BCUT2D eigenvalue weighted by atomic mass is 10.0. The fraction of sp³-hybridized carbons (Fsp3) is 0.217. The fourth-order valence-electron chi connectivity index (χ4n) is 3.03. The first-order valence-electron chi connectivity index (χ1n) is 9.58. The Kier molecular flexibility index (Phi) is 5.33. The van der Waals surface area contributed by atoms with Crippen molar-refractivity contribution in [2.45, 2.75) is 26.3 Å². The van der Waals surface area contributed by atoms with E-state index >= 15 is 0 Å². The fourth-order valence-corrected chi connectivity index (χ4v) is 3.03. The Bertz CT molecular complexity index is 999. The summed E-state index contributed by atoms with van der Waals surface area (Å²) in [7, 11) is 0. The average molecular weight is 389 g/mol. The highest BCUT2D eigenvalue weighted by Crippen LogP contribution is 2.32. The van der Waals surface area contributed by atoms with Gasteiger partial charge in [0.2, 0.25) is 6.79 Å². The van der Waals surface area contributed by atoms with E-state index in [2.05, 4.69) is 29.5 Å². The monoisotopic (exact) mass is 389 g/mol. The minimum absolute atomic E-state index is 0.232. The summed E-state index contributed by atoms with van der Waals surface area (Å²) in [4.78, 5) is 16.7. The van der Waals surface area contributed by atoms with Crippen molar-refractivity contribution >= 4 is 17.3 Å². The molecule has 1 aliphatic rings. The minimum Gasteiger partial charge on any atom is -0.454 e. The third-order valence-corrected chi connectivity index (χ3v) is 4.76. The summed E-state index contributed by atoms with van der Waals surface area (Å²) in [6.07, 6.45) is 1.66. The molecule has 1 aromatic heterocycles. The molecule has 2 aromatic carbocycles. The van der Waals surface area contributed by atoms with Crippen molar-refractivity contribution < 1.29 is 14.3 Å². The molecule has 6 heteroatoms. The predicted octanol–water partition coefficient (Wildman–Crippen LogP) is 4.80. The minimum atomic E-state index is -0.232. The predicted molar refractivity (Wildman–Crippen MR) is 113 cm³/mol. The van der Waals surface area contributed by atoms with E-state index in [0.717, 1.165) is 28.4 Å². The normalized spacial score (nSPS) is 12.1. The molecule has 2 N–H and O–H groups in total. The molecule has 0 unspecified atom stereocenters. The molecule has 0 radical (unpaired) electrons. The van der Waals surface area contributed by atoms with E-state index in [1.807, 2.05) is 48.5 Å². The standard InChI is InChI=1S/C23H23N3O3/c1-15(2)17-4-6-18(7-5-17)26-23(27)20-9-8-19(13-25-20)24-12-16-3-10-21-22(11-16)29-14-28-21/h3-11,13,15,24H,12,14H2,1-2H3,(H,26,27). The summed E-state index contributed by atoms with van der Waals surface area (Å²) in [5.74, 6) is 1.75. The third kappa shape index (κ3) is 4.48. The molecule has 4 rings (SSSR count). The van der Waals surface area contributed by atoms with Crippen molar-refractivity contribution in [2.75, 3.05) is 17.4 Å². The first-order valence-corrected chi connectivity index (χ1v) is 9.58. The maximum Gasteiger partial charge on any atom is 0.274 e. The second kappa shape index (κ2) is 8.22. The van der Waals surface area contributed by atoms with Crippen LogP contribution in [-0.2, 0) is 6.54 Å². The van der Waals surface area contributed by atoms with Crippen LogP contribution in [0.15, 0.2) is 60.8 Å². The third-order valence-electron chi connectivity index (χ3n) is 4.76. The molecule has 0 saturated heterocycles. The first-order chi connectivity index (χ1) is 14.1. The van der Waals surface area contributed by atoms with E-state index in [9.17, 15) is 4.79 Å². The number of carbonyl (C=O) groups is 1. The molecule has 2 heterocycles. The number of hydrogen-bond donors (Lipinski definition) is 2. The number of amides is 1. The van der Waals surface area contributed by atoms with E-state index in [4.69, 9.17) is 9.47 Å². The topological polar surface area (TPSA) is 72.5 Å². The van der Waals surface area contributed by atoms with Gasteiger partial charge >= 0.3 is 0 Å². The highest BCUT2D eigenvalue weighted by Gasteiger charge is 2.13. The van der Waals surface area contributed by atoms with Gasteiger partial charge in [0, 0.05) is 12.2 Å². The number of aromatic nitrogens is 1. The van der Waals surface area contributed by atoms with Gasteiger partial charge in [0.05, 0.1) is 11.9 Å². The number of nitrogens with one attached hydrogen (secondary N) is 2. The van der Waals surface area contributed by atoms with Crippen molar-refractivity contribution in [1.29, 1.82) is 0 Å². The largest absolute Gasteiger partial charge is 0.454 e. The van der Waals surface area contributed by atoms with E-state index in [-0.39, 0.29) is 12.7 Å². The molecule has 6 nitrogen and oxygen atoms in total. The van der Waals surface area contributed by atoms with Crippen LogP contribution >= 0.6 is 0 Å². The maximum atomic E-state index is 12.4. The molecule has 0 spiro atoms. The molecule has 148 valence electrons. The van der Waals surface area contributed by atoms with Crippen LogP contribution in [-0.4, -0.2) is 17.7 Å². The number of hydrogen-bond acceptors (Lipinski definition) is 5. The molecule has 0 fully saturated rings. The zero-order valence-corrected chi connectivity index (χ0v) is 16.4. The van der Waals surface area contributed by atoms with Gasteiger partial charge < -0.3 is 20.1 Å². The van der Waals surface area contributed by atoms with Gasteiger partial charge in [-0.2, -0.15) is 0 Å². The zero-order chi connectivity index (χ0) is 20.2. The highest BCUT2D eigenvalue weighted by atomic mass is 16.7. The van der Waals surface area contributed by atoms with E-state index in [1.54, 1.807) is 12.3 Å². The van der Waals surface area contributed by atoms with Crippen molar-refractivity contribution in [3.8, 4) is 11.5 Å². The van der Waals surface area contributed by atoms with Gasteiger partial charge in [0.15, 0.2) is 11.5 Å². The Morgan fingerprint density at radius 2 is 1.76 bits per heavy atom. The van der Waals surface area contributed by atoms with Crippen LogP contribution in [0.4, 0.5) is 11.4 Å². The molecule has 0 saturated carbocycles. The van der Waals surface area contributed by atoms with Crippen molar-refractivity contribution in [3.63, 3.8) is 0 Å². The number of carbonyl (C=O) groups excluding carboxylic acids is 1. The van der Waals surface area contributed by atoms with Crippen LogP contribution in [0, 0.1) is 0 Å². The number of nitrogens with zero attached hydrogens (tertiary/aromatic N) is 1. The molecule has 0 bridgehead atoms. The van der Waals surface area contributed by atoms with Gasteiger partial charge in [-0.15, -0.1) is 0 Å². The average Bonchev–Trinajstić information content (AvgIpc) is 3.21. The molecular weight excluding hydrogens is 366 g/mol. The smallest absolute Gasteiger partial charge is 0.274 e. The first kappa shape index (κ1) is 18.8. The van der Waals surface area contributed by atoms with Gasteiger partial charge in [0.25, 0.3) is 5.91 Å². The van der Waals surface area contributed by atoms with Crippen LogP contribution in [0.1, 0.15) is 41.4 Å². The molecular formula is C23H23N3O3. The van der Waals surface area contributed by atoms with Crippen molar-refractivity contribution in [1.82, 2.24) is 4.98 Å². The lowest BCUT2D eigenvalue weighted by molar-refractivity contribution is 0.102. The Labute approximate surface area is 169 Å². The van der Waals surface area contributed by atoms with Crippen LogP contribution in [0.2, 0.25) is 0 Å². The van der Waals surface area contributed by atoms with Crippen molar-refractivity contribution in [2.24, 2.45) is 0 Å². The van der Waals surface area contributed by atoms with Gasteiger partial charge in [-0.3, -0.25) is 4.79 Å². The maximum absolute atomic E-state index is 12.4. The number of ether oxygens (including phenoxy) is 2. The van der Waals surface area contributed by atoms with Crippen LogP contribution in [0.3, 0.4) is 0 Å². The van der Waals surface area contributed by atoms with Crippen LogP contribution in [0.5, 0.6) is 11.5 Å². The summed E-state index contributed by atoms with van der Waals surface area (Å²) in [5.41, 5.74) is 4.26. The molecule has 1 aliphatic heterocycles. The Balaban J connectivity index is 1.34. The number of anilines is 2. The quantitative estimate of drug-likeness (QED) is 0.634. The molecule has 0 aliphatic carbocycles. The summed E-state index contributed by atoms with van der Waals surface area (Å²) in [5, 5.41) is 6.17. The Morgan fingerprint density at radius 1 is 1.00 bits per heavy atom. The number of fused-ring (bicyclic) bond motifs is 1. The molecule has 29 heavy (non-hydrogen) atoms. The molecule has 0 atom stereocenters. The van der Waals surface area contributed by atoms with E-state index in [0.29, 0.717) is 18.2 Å². The molecule has 1 amide bonds. The Morgan fingerprint density at radius 3 is 2.48 bits per heavy atom. The zero-order valence-electron chi connectivity index (χ0n) is 16.4. The highest BCUT2D eigenvalue weighted by molar-refractivity contribution is 6.02. The van der Waals surface area contributed by atoms with E-state index < -0.39 is 0 Å². The van der Waals surface area contributed by atoms with Gasteiger partial charge in [-0.05, 0) is 53.4 Å². The summed E-state index contributed by atoms with van der Waals surface area (Å²) in [6, 6.07) is 17.3. The van der Waals surface area contributed by atoms with Gasteiger partial charge in [0.1, 0.15) is 5.69 Å². The summed E-state index contributed by atoms with van der Waals surface area (Å²) in [6.45, 7) is 5.16. The number of benzene rings is 2. The van der Waals surface area contributed by atoms with Gasteiger partial charge in [-0.1, -0.05) is 32.0 Å². The number of rotatable bonds is 6. The molecule has 3 aromatic rings. The van der Waals surface area contributed by atoms with Crippen LogP contribution < -0.4 is 20.1 Å². The Hall–Kier alpha value is -3.54. The second-order valence-electron chi connectivity index (χ2n) is 7.20. The lowest BCUT2D eigenvalue weighted by Gasteiger charge is -2.09. The van der Waals surface area contributed by atoms with Gasteiger partial charge in [-0.25, -0.2) is 4.98 Å². The van der Waals surface area contributed by atoms with E-state index in [1.165, 1.54) is 5.56 Å². The second-order valence-corrected chi connectivity index (χ2v) is 7.20. The summed E-state index contributed by atoms with van der Waals surface area (Å²) >= 11 is 0.